The zero-order valence-electron chi connectivity index (χ0n) is 8.87. The summed E-state index contributed by atoms with van der Waals surface area (Å²) in [5.74, 6) is 0. The third-order valence-electron chi connectivity index (χ3n) is 3.62. The number of ether oxygens (including phenoxy) is 1. The van der Waals surface area contributed by atoms with Gasteiger partial charge in [-0.1, -0.05) is 24.3 Å². The molecule has 3 aliphatic rings. The third-order valence-corrected chi connectivity index (χ3v) is 8.22. The van der Waals surface area contributed by atoms with Crippen molar-refractivity contribution in [3.63, 3.8) is 0 Å². The Balaban J connectivity index is 1.95. The highest BCUT2D eigenvalue weighted by atomic mass is 32.2. The van der Waals surface area contributed by atoms with E-state index in [0.29, 0.717) is 6.42 Å². The average Bonchev–Trinajstić information content (AvgIpc) is 3.01. The predicted molar refractivity (Wildman–Crippen MR) is 64.4 cm³/mol. The van der Waals surface area contributed by atoms with Crippen LogP contribution >= 0.6 is 0 Å². The second kappa shape index (κ2) is 3.16. The van der Waals surface area contributed by atoms with Crippen molar-refractivity contribution in [3.8, 4) is 0 Å². The van der Waals surface area contributed by atoms with Crippen LogP contribution in [0.1, 0.15) is 6.42 Å². The van der Waals surface area contributed by atoms with Crippen LogP contribution in [-0.4, -0.2) is 24.7 Å². The zero-order valence-corrected chi connectivity index (χ0v) is 10.5. The van der Waals surface area contributed by atoms with Gasteiger partial charge in [-0.3, -0.25) is 8.42 Å². The molecule has 1 aromatic carbocycles. The monoisotopic (exact) mass is 266 g/mol. The van der Waals surface area contributed by atoms with E-state index in [9.17, 15) is 8.42 Å². The first-order valence-corrected chi connectivity index (χ1v) is 7.80. The van der Waals surface area contributed by atoms with E-state index in [4.69, 9.17) is 4.74 Å². The first kappa shape index (κ1) is 10.2. The van der Waals surface area contributed by atoms with Gasteiger partial charge in [0.2, 0.25) is 0 Å². The first-order chi connectivity index (χ1) is 8.23. The van der Waals surface area contributed by atoms with Gasteiger partial charge in [-0.25, -0.2) is 0 Å². The van der Waals surface area contributed by atoms with E-state index in [-0.39, 0.29) is 12.2 Å². The molecule has 17 heavy (non-hydrogen) atoms. The van der Waals surface area contributed by atoms with Crippen LogP contribution in [0.4, 0.5) is 0 Å². The summed E-state index contributed by atoms with van der Waals surface area (Å²) in [6.45, 7) is 0. The molecule has 1 aromatic rings. The SMILES string of the molecule is O=[S@@]1c2ccccc2[S@](=O)C12C[C@@H]1C=C[C@H]2O1. The number of rotatable bonds is 0. The molecule has 1 spiro atoms. The maximum absolute atomic E-state index is 12.6. The highest BCUT2D eigenvalue weighted by Gasteiger charge is 2.62. The molecule has 0 radical (unpaired) electrons. The second-order valence-corrected chi connectivity index (χ2v) is 8.15. The summed E-state index contributed by atoms with van der Waals surface area (Å²) in [6.07, 6.45) is 4.22. The van der Waals surface area contributed by atoms with Crippen molar-refractivity contribution >= 4 is 21.6 Å². The molecule has 2 bridgehead atoms. The van der Waals surface area contributed by atoms with E-state index in [1.807, 2.05) is 36.4 Å². The van der Waals surface area contributed by atoms with Crippen molar-refractivity contribution in [2.24, 2.45) is 0 Å². The van der Waals surface area contributed by atoms with Crippen LogP contribution in [0, 0.1) is 0 Å². The molecule has 3 nitrogen and oxygen atoms in total. The molecule has 5 atom stereocenters. The fourth-order valence-electron chi connectivity index (χ4n) is 2.83. The Hall–Kier alpha value is -0.780. The summed E-state index contributed by atoms with van der Waals surface area (Å²) in [4.78, 5) is 1.44. The molecule has 1 saturated heterocycles. The zero-order chi connectivity index (χ0) is 11.6. The van der Waals surface area contributed by atoms with Crippen molar-refractivity contribution < 1.29 is 13.2 Å². The van der Waals surface area contributed by atoms with Crippen LogP contribution in [-0.2, 0) is 26.3 Å². The molecule has 88 valence electrons. The maximum Gasteiger partial charge on any atom is 0.162 e. The van der Waals surface area contributed by atoms with Crippen LogP contribution in [0.3, 0.4) is 0 Å². The van der Waals surface area contributed by atoms with Crippen LogP contribution in [0.25, 0.3) is 0 Å². The van der Waals surface area contributed by atoms with Gasteiger partial charge in [-0.15, -0.1) is 0 Å². The van der Waals surface area contributed by atoms with Crippen molar-refractivity contribution in [2.75, 3.05) is 0 Å². The standard InChI is InChI=1S/C12H10O3S2/c13-16-9-3-1-2-4-10(9)17(14)12(16)7-8-5-6-11(12)15-8/h1-6,8,11H,7H2/t8-,11+,12?,16-,17+/m0/s1. The van der Waals surface area contributed by atoms with Crippen molar-refractivity contribution in [1.29, 1.82) is 0 Å². The van der Waals surface area contributed by atoms with Gasteiger partial charge in [0.1, 0.15) is 6.10 Å². The molecule has 0 aromatic heterocycles. The summed E-state index contributed by atoms with van der Waals surface area (Å²) in [5.41, 5.74) is 0. The van der Waals surface area contributed by atoms with Crippen LogP contribution in [0.5, 0.6) is 0 Å². The number of benzene rings is 1. The molecule has 1 unspecified atom stereocenters. The van der Waals surface area contributed by atoms with Gasteiger partial charge in [-0.2, -0.15) is 0 Å². The largest absolute Gasteiger partial charge is 0.364 e. The predicted octanol–water partition coefficient (Wildman–Crippen LogP) is 1.34. The van der Waals surface area contributed by atoms with Gasteiger partial charge < -0.3 is 4.74 Å². The summed E-state index contributed by atoms with van der Waals surface area (Å²) in [7, 11) is -2.48. The number of hydrogen-bond acceptors (Lipinski definition) is 3. The van der Waals surface area contributed by atoms with Crippen molar-refractivity contribution in [1.82, 2.24) is 0 Å². The summed E-state index contributed by atoms with van der Waals surface area (Å²) < 4.78 is 30.2. The minimum Gasteiger partial charge on any atom is -0.364 e. The fourth-order valence-corrected chi connectivity index (χ4v) is 7.34. The van der Waals surface area contributed by atoms with Crippen LogP contribution in [0.15, 0.2) is 46.2 Å². The van der Waals surface area contributed by atoms with Crippen molar-refractivity contribution in [3.05, 3.63) is 36.4 Å². The fraction of sp³-hybridized carbons (Fsp3) is 0.333. The van der Waals surface area contributed by atoms with E-state index in [1.54, 1.807) is 0 Å². The average molecular weight is 266 g/mol. The molecular weight excluding hydrogens is 256 g/mol. The Bertz CT molecular complexity index is 558. The molecule has 0 aliphatic carbocycles. The van der Waals surface area contributed by atoms with Gasteiger partial charge >= 0.3 is 0 Å². The lowest BCUT2D eigenvalue weighted by Crippen LogP contribution is -2.42. The molecule has 3 aliphatic heterocycles. The minimum atomic E-state index is -1.24. The van der Waals surface area contributed by atoms with E-state index >= 15 is 0 Å². The maximum atomic E-state index is 12.6. The molecule has 0 saturated carbocycles. The first-order valence-electron chi connectivity index (χ1n) is 5.50. The number of hydrogen-bond donors (Lipinski definition) is 0. The molecular formula is C12H10O3S2. The Morgan fingerprint density at radius 3 is 2.24 bits per heavy atom. The van der Waals surface area contributed by atoms with Gasteiger partial charge in [0.05, 0.1) is 37.5 Å². The quantitative estimate of drug-likeness (QED) is 0.666. The van der Waals surface area contributed by atoms with E-state index < -0.39 is 25.7 Å². The van der Waals surface area contributed by atoms with E-state index in [2.05, 4.69) is 0 Å². The minimum absolute atomic E-state index is 0.0118. The van der Waals surface area contributed by atoms with Gasteiger partial charge in [0, 0.05) is 6.42 Å². The Morgan fingerprint density at radius 1 is 1.12 bits per heavy atom. The molecule has 3 heterocycles. The smallest absolute Gasteiger partial charge is 0.162 e. The topological polar surface area (TPSA) is 43.4 Å². The van der Waals surface area contributed by atoms with E-state index in [1.165, 1.54) is 0 Å². The lowest BCUT2D eigenvalue weighted by Gasteiger charge is -2.25. The summed E-state index contributed by atoms with van der Waals surface area (Å²) in [6, 6.07) is 7.31. The van der Waals surface area contributed by atoms with Crippen LogP contribution < -0.4 is 0 Å². The Morgan fingerprint density at radius 2 is 1.76 bits per heavy atom. The Kier molecular flexibility index (Phi) is 1.89. The van der Waals surface area contributed by atoms with Gasteiger partial charge in [-0.05, 0) is 12.1 Å². The Labute approximate surface area is 104 Å². The molecule has 5 heteroatoms. The highest BCUT2D eigenvalue weighted by molar-refractivity contribution is 8.07. The molecule has 4 rings (SSSR count). The third kappa shape index (κ3) is 1.05. The summed E-state index contributed by atoms with van der Waals surface area (Å²) in [5, 5.41) is 0. The lowest BCUT2D eigenvalue weighted by molar-refractivity contribution is 0.119. The van der Waals surface area contributed by atoms with Gasteiger partial charge in [0.15, 0.2) is 4.08 Å². The highest BCUT2D eigenvalue weighted by Crippen LogP contribution is 2.52. The lowest BCUT2D eigenvalue weighted by atomic mass is 10.1. The second-order valence-electron chi connectivity index (χ2n) is 4.48. The summed E-state index contributed by atoms with van der Waals surface area (Å²) >= 11 is 0. The van der Waals surface area contributed by atoms with Crippen molar-refractivity contribution in [2.45, 2.75) is 32.5 Å². The number of fused-ring (bicyclic) bond motifs is 4. The molecule has 1 fully saturated rings. The normalized spacial score (nSPS) is 45.6. The van der Waals surface area contributed by atoms with Gasteiger partial charge in [0.25, 0.3) is 0 Å². The molecule has 0 N–H and O–H groups in total. The van der Waals surface area contributed by atoms with E-state index in [0.717, 1.165) is 9.79 Å². The van der Waals surface area contributed by atoms with Crippen LogP contribution in [0.2, 0.25) is 0 Å². The molecule has 0 amide bonds.